The van der Waals surface area contributed by atoms with Crippen LogP contribution in [0.2, 0.25) is 0 Å². The number of methoxy groups -OCH3 is 2. The zero-order valence-corrected chi connectivity index (χ0v) is 12.7. The largest absolute Gasteiger partial charge is 0.493 e. The highest BCUT2D eigenvalue weighted by molar-refractivity contribution is 5.85. The summed E-state index contributed by atoms with van der Waals surface area (Å²) in [5.74, 6) is 1.16. The second kappa shape index (κ2) is 7.14. The lowest BCUT2D eigenvalue weighted by Gasteiger charge is -2.23. The van der Waals surface area contributed by atoms with E-state index in [2.05, 4.69) is 5.32 Å². The van der Waals surface area contributed by atoms with E-state index >= 15 is 0 Å². The zero-order valence-electron chi connectivity index (χ0n) is 12.7. The van der Waals surface area contributed by atoms with Crippen LogP contribution in [0.4, 0.5) is 0 Å². The fourth-order valence-electron chi connectivity index (χ4n) is 2.01. The van der Waals surface area contributed by atoms with Crippen molar-refractivity contribution < 1.29 is 14.3 Å². The maximum Gasteiger partial charge on any atom is 0.240 e. The Kier molecular flexibility index (Phi) is 5.82. The topological polar surface area (TPSA) is 73.6 Å². The lowest BCUT2D eigenvalue weighted by atomic mass is 9.96. The third-order valence-corrected chi connectivity index (χ3v) is 3.19. The van der Waals surface area contributed by atoms with Crippen LogP contribution in [0.5, 0.6) is 11.5 Å². The van der Waals surface area contributed by atoms with Crippen LogP contribution in [-0.2, 0) is 11.3 Å². The Morgan fingerprint density at radius 1 is 1.30 bits per heavy atom. The molecule has 5 heteroatoms. The molecule has 112 valence electrons. The van der Waals surface area contributed by atoms with Gasteiger partial charge in [-0.3, -0.25) is 4.79 Å². The number of hydrogen-bond donors (Lipinski definition) is 2. The first-order valence-corrected chi connectivity index (χ1v) is 6.72. The van der Waals surface area contributed by atoms with Crippen LogP contribution in [0.1, 0.15) is 32.3 Å². The van der Waals surface area contributed by atoms with Gasteiger partial charge in [-0.2, -0.15) is 0 Å². The number of benzene rings is 1. The van der Waals surface area contributed by atoms with Crippen molar-refractivity contribution >= 4 is 5.91 Å². The molecule has 0 heterocycles. The van der Waals surface area contributed by atoms with Crippen LogP contribution in [0, 0.1) is 0 Å². The van der Waals surface area contributed by atoms with Gasteiger partial charge < -0.3 is 20.5 Å². The van der Waals surface area contributed by atoms with Gasteiger partial charge >= 0.3 is 0 Å². The van der Waals surface area contributed by atoms with Crippen molar-refractivity contribution in [2.45, 2.75) is 38.8 Å². The molecule has 0 aliphatic carbocycles. The molecule has 0 radical (unpaired) electrons. The average molecular weight is 280 g/mol. The second-order valence-corrected chi connectivity index (χ2v) is 5.04. The Balaban J connectivity index is 2.68. The lowest BCUT2D eigenvalue weighted by molar-refractivity contribution is -0.126. The number of amides is 1. The Morgan fingerprint density at radius 2 is 1.95 bits per heavy atom. The molecule has 1 rings (SSSR count). The summed E-state index contributed by atoms with van der Waals surface area (Å²) in [4.78, 5) is 12.0. The SMILES string of the molecule is CCCC(C)(N)C(=O)NCc1ccc(OC)c(OC)c1. The molecule has 0 saturated carbocycles. The molecular weight excluding hydrogens is 256 g/mol. The molecule has 1 amide bonds. The van der Waals surface area contributed by atoms with Crippen molar-refractivity contribution in [1.82, 2.24) is 5.32 Å². The first-order valence-electron chi connectivity index (χ1n) is 6.72. The van der Waals surface area contributed by atoms with Gasteiger partial charge in [-0.05, 0) is 31.0 Å². The lowest BCUT2D eigenvalue weighted by Crippen LogP contribution is -2.51. The Bertz CT molecular complexity index is 458. The van der Waals surface area contributed by atoms with E-state index in [4.69, 9.17) is 15.2 Å². The van der Waals surface area contributed by atoms with Crippen LogP contribution in [0.3, 0.4) is 0 Å². The predicted molar refractivity (Wildman–Crippen MR) is 78.9 cm³/mol. The van der Waals surface area contributed by atoms with Crippen LogP contribution in [0.25, 0.3) is 0 Å². The first-order chi connectivity index (χ1) is 9.44. The highest BCUT2D eigenvalue weighted by Gasteiger charge is 2.26. The third kappa shape index (κ3) is 4.13. The van der Waals surface area contributed by atoms with Gasteiger partial charge in [0.25, 0.3) is 0 Å². The molecule has 1 atom stereocenters. The van der Waals surface area contributed by atoms with Crippen molar-refractivity contribution in [3.8, 4) is 11.5 Å². The fourth-order valence-corrected chi connectivity index (χ4v) is 2.01. The van der Waals surface area contributed by atoms with Gasteiger partial charge in [-0.15, -0.1) is 0 Å². The van der Waals surface area contributed by atoms with E-state index in [9.17, 15) is 4.79 Å². The number of carbonyl (C=O) groups excluding carboxylic acids is 1. The van der Waals surface area contributed by atoms with Crippen molar-refractivity contribution in [3.63, 3.8) is 0 Å². The molecule has 0 spiro atoms. The maximum absolute atomic E-state index is 12.0. The maximum atomic E-state index is 12.0. The fraction of sp³-hybridized carbons (Fsp3) is 0.533. The Hall–Kier alpha value is -1.75. The standard InChI is InChI=1S/C15H24N2O3/c1-5-8-15(2,16)14(18)17-10-11-6-7-12(19-3)13(9-11)20-4/h6-7,9H,5,8,10,16H2,1-4H3,(H,17,18). The highest BCUT2D eigenvalue weighted by Crippen LogP contribution is 2.27. The molecule has 1 aromatic carbocycles. The average Bonchev–Trinajstić information content (AvgIpc) is 2.44. The summed E-state index contributed by atoms with van der Waals surface area (Å²) in [5, 5.41) is 2.85. The van der Waals surface area contributed by atoms with E-state index in [0.717, 1.165) is 12.0 Å². The van der Waals surface area contributed by atoms with Crippen LogP contribution >= 0.6 is 0 Å². The smallest absolute Gasteiger partial charge is 0.240 e. The van der Waals surface area contributed by atoms with Gasteiger partial charge in [0.2, 0.25) is 5.91 Å². The van der Waals surface area contributed by atoms with Gasteiger partial charge in [0.1, 0.15) is 0 Å². The summed E-state index contributed by atoms with van der Waals surface area (Å²) in [5.41, 5.74) is 6.09. The second-order valence-electron chi connectivity index (χ2n) is 5.04. The minimum absolute atomic E-state index is 0.144. The minimum Gasteiger partial charge on any atom is -0.493 e. The minimum atomic E-state index is -0.828. The van der Waals surface area contributed by atoms with Crippen molar-refractivity contribution in [2.24, 2.45) is 5.73 Å². The highest BCUT2D eigenvalue weighted by atomic mass is 16.5. The number of hydrogen-bond acceptors (Lipinski definition) is 4. The quantitative estimate of drug-likeness (QED) is 0.799. The summed E-state index contributed by atoms with van der Waals surface area (Å²) in [6.07, 6.45) is 1.53. The van der Waals surface area contributed by atoms with E-state index in [-0.39, 0.29) is 5.91 Å². The molecule has 0 fully saturated rings. The molecule has 1 unspecified atom stereocenters. The normalized spacial score (nSPS) is 13.4. The van der Waals surface area contributed by atoms with Crippen LogP contribution in [-0.4, -0.2) is 25.7 Å². The van der Waals surface area contributed by atoms with Gasteiger partial charge in [0.15, 0.2) is 11.5 Å². The van der Waals surface area contributed by atoms with E-state index in [1.54, 1.807) is 21.1 Å². The summed E-state index contributed by atoms with van der Waals surface area (Å²) >= 11 is 0. The number of nitrogens with one attached hydrogen (secondary N) is 1. The molecule has 0 bridgehead atoms. The molecule has 0 aliphatic rings. The van der Waals surface area contributed by atoms with Gasteiger partial charge in [-0.25, -0.2) is 0 Å². The first kappa shape index (κ1) is 16.3. The van der Waals surface area contributed by atoms with Crippen molar-refractivity contribution in [2.75, 3.05) is 14.2 Å². The molecular formula is C15H24N2O3. The molecule has 0 aromatic heterocycles. The Labute approximate surface area is 120 Å². The number of nitrogens with two attached hydrogens (primary N) is 1. The number of rotatable bonds is 7. The number of ether oxygens (including phenoxy) is 2. The predicted octanol–water partition coefficient (Wildman–Crippen LogP) is 1.84. The van der Waals surface area contributed by atoms with E-state index < -0.39 is 5.54 Å². The molecule has 3 N–H and O–H groups in total. The summed E-state index contributed by atoms with van der Waals surface area (Å²) < 4.78 is 10.4. The van der Waals surface area contributed by atoms with Crippen molar-refractivity contribution in [1.29, 1.82) is 0 Å². The summed E-state index contributed by atoms with van der Waals surface area (Å²) in [6.45, 7) is 4.17. The Morgan fingerprint density at radius 3 is 2.50 bits per heavy atom. The van der Waals surface area contributed by atoms with Gasteiger partial charge in [0, 0.05) is 6.54 Å². The number of carbonyl (C=O) groups is 1. The summed E-state index contributed by atoms with van der Waals surface area (Å²) in [6, 6.07) is 5.54. The third-order valence-electron chi connectivity index (χ3n) is 3.19. The van der Waals surface area contributed by atoms with E-state index in [0.29, 0.717) is 24.5 Å². The molecule has 20 heavy (non-hydrogen) atoms. The molecule has 0 saturated heterocycles. The monoisotopic (exact) mass is 280 g/mol. The van der Waals surface area contributed by atoms with Crippen molar-refractivity contribution in [3.05, 3.63) is 23.8 Å². The van der Waals surface area contributed by atoms with Crippen LogP contribution in [0.15, 0.2) is 18.2 Å². The van der Waals surface area contributed by atoms with Gasteiger partial charge in [0.05, 0.1) is 19.8 Å². The van der Waals surface area contributed by atoms with Crippen LogP contribution < -0.4 is 20.5 Å². The summed E-state index contributed by atoms with van der Waals surface area (Å²) in [7, 11) is 3.17. The molecule has 0 aliphatic heterocycles. The van der Waals surface area contributed by atoms with E-state index in [1.165, 1.54) is 0 Å². The molecule has 5 nitrogen and oxygen atoms in total. The zero-order chi connectivity index (χ0) is 15.2. The van der Waals surface area contributed by atoms with Gasteiger partial charge in [-0.1, -0.05) is 19.4 Å². The molecule has 1 aromatic rings. The van der Waals surface area contributed by atoms with E-state index in [1.807, 2.05) is 25.1 Å².